The molecule has 0 bridgehead atoms. The molecule has 0 spiro atoms. The van der Waals surface area contributed by atoms with Crippen molar-refractivity contribution in [3.63, 3.8) is 0 Å². The normalized spacial score (nSPS) is 23.7. The van der Waals surface area contributed by atoms with Crippen molar-refractivity contribution in [3.8, 4) is 0 Å². The van der Waals surface area contributed by atoms with E-state index in [9.17, 15) is 5.21 Å². The van der Waals surface area contributed by atoms with Crippen molar-refractivity contribution < 1.29 is 15.1 Å². The summed E-state index contributed by atoms with van der Waals surface area (Å²) in [6.45, 7) is 9.04. The molecule has 0 aromatic carbocycles. The van der Waals surface area contributed by atoms with Crippen LogP contribution in [0.2, 0.25) is 0 Å². The van der Waals surface area contributed by atoms with E-state index in [1.54, 1.807) is 0 Å². The zero-order valence-electron chi connectivity index (χ0n) is 12.9. The van der Waals surface area contributed by atoms with Gasteiger partial charge in [0.15, 0.2) is 0 Å². The number of rotatable bonds is 7. The van der Waals surface area contributed by atoms with E-state index in [0.717, 1.165) is 45.1 Å². The van der Waals surface area contributed by atoms with E-state index >= 15 is 0 Å². The van der Waals surface area contributed by atoms with E-state index in [0.29, 0.717) is 0 Å². The van der Waals surface area contributed by atoms with Crippen LogP contribution in [0.25, 0.3) is 0 Å². The minimum atomic E-state index is -0.344. The minimum Gasteiger partial charge on any atom is -0.396 e. The molecule has 113 valence electrons. The average molecular weight is 272 g/mol. The fourth-order valence-electron chi connectivity index (χ4n) is 3.11. The van der Waals surface area contributed by atoms with Crippen LogP contribution < -0.4 is 0 Å². The number of hydrogen-bond donors (Lipinski definition) is 1. The first-order valence-electron chi connectivity index (χ1n) is 7.49. The highest BCUT2D eigenvalue weighted by molar-refractivity contribution is 4.96. The third-order valence-corrected chi connectivity index (χ3v) is 3.96. The highest BCUT2D eigenvalue weighted by Gasteiger charge is 2.46. The average Bonchev–Trinajstić information content (AvgIpc) is 2.30. The maximum atomic E-state index is 12.2. The Morgan fingerprint density at radius 2 is 1.58 bits per heavy atom. The van der Waals surface area contributed by atoms with Gasteiger partial charge >= 0.3 is 0 Å². The van der Waals surface area contributed by atoms with E-state index in [1.165, 1.54) is 5.06 Å². The third kappa shape index (κ3) is 5.03. The number of unbranched alkanes of at least 4 members (excludes halogenated alkanes) is 3. The van der Waals surface area contributed by atoms with Crippen molar-refractivity contribution in [1.82, 2.24) is 5.06 Å². The van der Waals surface area contributed by atoms with Gasteiger partial charge in [0.1, 0.15) is 0 Å². The van der Waals surface area contributed by atoms with Crippen molar-refractivity contribution in [1.29, 1.82) is 0 Å². The van der Waals surface area contributed by atoms with Gasteiger partial charge in [-0.1, -0.05) is 12.8 Å². The quantitative estimate of drug-likeness (QED) is 0.725. The molecule has 0 aliphatic carbocycles. The van der Waals surface area contributed by atoms with Crippen LogP contribution in [0.4, 0.5) is 0 Å². The molecule has 0 unspecified atom stereocenters. The molecular formula is C15H30NO3. The molecule has 0 amide bonds. The van der Waals surface area contributed by atoms with Gasteiger partial charge in [0.05, 0.1) is 6.10 Å². The molecule has 1 radical (unpaired) electrons. The number of aliphatic hydroxyl groups is 1. The van der Waals surface area contributed by atoms with E-state index < -0.39 is 0 Å². The molecule has 0 aromatic heterocycles. The maximum Gasteiger partial charge on any atom is 0.0611 e. The molecule has 0 atom stereocenters. The summed E-state index contributed by atoms with van der Waals surface area (Å²) < 4.78 is 5.95. The molecule has 4 nitrogen and oxygen atoms in total. The van der Waals surface area contributed by atoms with Gasteiger partial charge in [-0.05, 0) is 53.4 Å². The second-order valence-electron chi connectivity index (χ2n) is 6.96. The minimum absolute atomic E-state index is 0.188. The number of aliphatic hydroxyl groups excluding tert-OH is 1. The molecule has 1 saturated heterocycles. The van der Waals surface area contributed by atoms with Crippen LogP contribution in [0, 0.1) is 0 Å². The van der Waals surface area contributed by atoms with Crippen LogP contribution in [0.1, 0.15) is 66.2 Å². The Morgan fingerprint density at radius 3 is 2.11 bits per heavy atom. The Hall–Kier alpha value is -0.160. The number of hydroxylamine groups is 2. The standard InChI is InChI=1S/C15H30NO3/c1-14(2)11-13(12-15(3,4)16(14)18)19-10-8-6-5-7-9-17/h13,17H,5-12H2,1-4H3. The zero-order valence-corrected chi connectivity index (χ0v) is 12.9. The second kappa shape index (κ2) is 7.02. The lowest BCUT2D eigenvalue weighted by Crippen LogP contribution is -2.59. The molecule has 1 fully saturated rings. The monoisotopic (exact) mass is 272 g/mol. The fourth-order valence-corrected chi connectivity index (χ4v) is 3.11. The van der Waals surface area contributed by atoms with Crippen LogP contribution in [0.5, 0.6) is 0 Å². The maximum absolute atomic E-state index is 12.2. The number of nitrogens with zero attached hydrogens (tertiary/aromatic N) is 1. The van der Waals surface area contributed by atoms with Gasteiger partial charge in [0.2, 0.25) is 0 Å². The van der Waals surface area contributed by atoms with Crippen LogP contribution in [0.15, 0.2) is 0 Å². The smallest absolute Gasteiger partial charge is 0.0611 e. The first-order chi connectivity index (χ1) is 8.79. The van der Waals surface area contributed by atoms with Gasteiger partial charge in [-0.2, -0.15) is 0 Å². The van der Waals surface area contributed by atoms with E-state index in [1.807, 2.05) is 27.7 Å². The lowest BCUT2D eigenvalue weighted by Gasteiger charge is -2.49. The lowest BCUT2D eigenvalue weighted by atomic mass is 9.80. The summed E-state index contributed by atoms with van der Waals surface area (Å²) in [4.78, 5) is 0. The Morgan fingerprint density at radius 1 is 1.05 bits per heavy atom. The number of hydrogen-bond acceptors (Lipinski definition) is 3. The number of piperidine rings is 1. The van der Waals surface area contributed by atoms with Crippen molar-refractivity contribution in [2.45, 2.75) is 83.4 Å². The Bertz CT molecular complexity index is 248. The summed E-state index contributed by atoms with van der Waals surface area (Å²) in [5.74, 6) is 0. The fraction of sp³-hybridized carbons (Fsp3) is 1.00. The zero-order chi connectivity index (χ0) is 14.5. The Labute approximate surface area is 117 Å². The number of ether oxygens (including phenoxy) is 1. The summed E-state index contributed by atoms with van der Waals surface area (Å²) in [7, 11) is 0. The van der Waals surface area contributed by atoms with Crippen LogP contribution in [-0.2, 0) is 9.94 Å². The van der Waals surface area contributed by atoms with Gasteiger partial charge in [-0.3, -0.25) is 0 Å². The molecule has 1 heterocycles. The highest BCUT2D eigenvalue weighted by atomic mass is 16.5. The van der Waals surface area contributed by atoms with Gasteiger partial charge in [0, 0.05) is 24.3 Å². The summed E-state index contributed by atoms with van der Waals surface area (Å²) >= 11 is 0. The van der Waals surface area contributed by atoms with Crippen molar-refractivity contribution in [2.75, 3.05) is 13.2 Å². The van der Waals surface area contributed by atoms with E-state index in [4.69, 9.17) is 9.84 Å². The lowest BCUT2D eigenvalue weighted by molar-refractivity contribution is -0.301. The van der Waals surface area contributed by atoms with Crippen molar-refractivity contribution in [3.05, 3.63) is 0 Å². The molecule has 4 heteroatoms. The first kappa shape index (κ1) is 16.9. The van der Waals surface area contributed by atoms with Gasteiger partial charge in [-0.15, -0.1) is 10.3 Å². The SMILES string of the molecule is CC1(C)CC(OCCCCCCO)CC(C)(C)N1[O]. The molecule has 1 aliphatic rings. The van der Waals surface area contributed by atoms with Gasteiger partial charge < -0.3 is 9.84 Å². The van der Waals surface area contributed by atoms with Gasteiger partial charge in [-0.25, -0.2) is 0 Å². The predicted octanol–water partition coefficient (Wildman–Crippen LogP) is 2.92. The first-order valence-corrected chi connectivity index (χ1v) is 7.49. The van der Waals surface area contributed by atoms with Crippen LogP contribution in [0.3, 0.4) is 0 Å². The molecule has 0 aromatic rings. The predicted molar refractivity (Wildman–Crippen MR) is 75.2 cm³/mol. The van der Waals surface area contributed by atoms with E-state index in [2.05, 4.69) is 0 Å². The largest absolute Gasteiger partial charge is 0.396 e. The third-order valence-electron chi connectivity index (χ3n) is 3.96. The summed E-state index contributed by atoms with van der Waals surface area (Å²) in [6.07, 6.45) is 5.89. The molecule has 19 heavy (non-hydrogen) atoms. The molecule has 1 N–H and O–H groups in total. The summed E-state index contributed by atoms with van der Waals surface area (Å²) in [5, 5.41) is 22.1. The Balaban J connectivity index is 2.31. The highest BCUT2D eigenvalue weighted by Crippen LogP contribution is 2.38. The molecule has 0 saturated carbocycles. The summed E-state index contributed by atoms with van der Waals surface area (Å²) in [6, 6.07) is 0. The van der Waals surface area contributed by atoms with Crippen LogP contribution >= 0.6 is 0 Å². The second-order valence-corrected chi connectivity index (χ2v) is 6.96. The van der Waals surface area contributed by atoms with Gasteiger partial charge in [0.25, 0.3) is 0 Å². The molecule has 1 aliphatic heterocycles. The topological polar surface area (TPSA) is 52.6 Å². The van der Waals surface area contributed by atoms with E-state index in [-0.39, 0.29) is 23.8 Å². The molecule has 1 rings (SSSR count). The summed E-state index contributed by atoms with van der Waals surface area (Å²) in [5.41, 5.74) is -0.688. The van der Waals surface area contributed by atoms with Crippen molar-refractivity contribution in [2.24, 2.45) is 0 Å². The van der Waals surface area contributed by atoms with Crippen LogP contribution in [-0.4, -0.2) is 40.6 Å². The molecular weight excluding hydrogens is 242 g/mol. The van der Waals surface area contributed by atoms with Crippen molar-refractivity contribution >= 4 is 0 Å². The Kier molecular flexibility index (Phi) is 6.24.